The smallest absolute Gasteiger partial charge is 0.327 e. The lowest BCUT2D eigenvalue weighted by Crippen LogP contribution is -2.21. The number of anilines is 1. The molecule has 0 saturated heterocycles. The first-order valence-electron chi connectivity index (χ1n) is 6.15. The van der Waals surface area contributed by atoms with Crippen LogP contribution in [0.2, 0.25) is 5.02 Å². The van der Waals surface area contributed by atoms with E-state index in [4.69, 9.17) is 11.6 Å². The Hall–Kier alpha value is -2.88. The normalized spacial score (nSPS) is 11.2. The SMILES string of the molecule is O=C(Nc1cc(C(F)(F)F)c[nH]c1=O)c1ccc(Cl)c([N+](=O)[O-])c1. The van der Waals surface area contributed by atoms with Crippen molar-refractivity contribution in [3.8, 4) is 0 Å². The summed E-state index contributed by atoms with van der Waals surface area (Å²) in [6.45, 7) is 0. The number of aromatic nitrogens is 1. The van der Waals surface area contributed by atoms with E-state index in [0.717, 1.165) is 18.2 Å². The highest BCUT2D eigenvalue weighted by molar-refractivity contribution is 6.32. The third-order valence-corrected chi connectivity index (χ3v) is 3.20. The Kier molecular flexibility index (Phi) is 4.60. The molecule has 0 atom stereocenters. The monoisotopic (exact) mass is 361 g/mol. The van der Waals surface area contributed by atoms with Crippen LogP contribution in [0.5, 0.6) is 0 Å². The zero-order valence-electron chi connectivity index (χ0n) is 11.5. The van der Waals surface area contributed by atoms with Gasteiger partial charge >= 0.3 is 6.18 Å². The zero-order chi connectivity index (χ0) is 18.1. The summed E-state index contributed by atoms with van der Waals surface area (Å²) in [5, 5.41) is 12.5. The first kappa shape index (κ1) is 17.5. The van der Waals surface area contributed by atoms with Gasteiger partial charge in [-0.3, -0.25) is 19.7 Å². The molecule has 126 valence electrons. The van der Waals surface area contributed by atoms with Crippen LogP contribution in [0.4, 0.5) is 24.5 Å². The topological polar surface area (TPSA) is 105 Å². The third kappa shape index (κ3) is 3.71. The number of nitro groups is 1. The number of nitrogens with zero attached hydrogens (tertiary/aromatic N) is 1. The zero-order valence-corrected chi connectivity index (χ0v) is 12.2. The van der Waals surface area contributed by atoms with Gasteiger partial charge in [-0.15, -0.1) is 0 Å². The second-order valence-electron chi connectivity index (χ2n) is 4.51. The van der Waals surface area contributed by atoms with E-state index in [1.54, 1.807) is 0 Å². The third-order valence-electron chi connectivity index (χ3n) is 2.88. The highest BCUT2D eigenvalue weighted by Gasteiger charge is 2.31. The van der Waals surface area contributed by atoms with Gasteiger partial charge in [0, 0.05) is 17.8 Å². The molecule has 1 aromatic heterocycles. The molecule has 0 unspecified atom stereocenters. The number of carbonyl (C=O) groups is 1. The number of nitro benzene ring substituents is 1. The number of nitrogens with one attached hydrogen (secondary N) is 2. The number of hydrogen-bond donors (Lipinski definition) is 2. The number of aromatic amines is 1. The van der Waals surface area contributed by atoms with Crippen LogP contribution in [0.3, 0.4) is 0 Å². The summed E-state index contributed by atoms with van der Waals surface area (Å²) in [4.78, 5) is 35.3. The lowest BCUT2D eigenvalue weighted by Gasteiger charge is -2.09. The van der Waals surface area contributed by atoms with Crippen molar-refractivity contribution in [1.29, 1.82) is 0 Å². The summed E-state index contributed by atoms with van der Waals surface area (Å²) in [6, 6.07) is 3.53. The Morgan fingerprint density at radius 3 is 2.54 bits per heavy atom. The van der Waals surface area contributed by atoms with E-state index in [9.17, 15) is 32.9 Å². The van der Waals surface area contributed by atoms with E-state index in [-0.39, 0.29) is 10.6 Å². The fourth-order valence-corrected chi connectivity index (χ4v) is 1.92. The largest absolute Gasteiger partial charge is 0.417 e. The molecule has 24 heavy (non-hydrogen) atoms. The van der Waals surface area contributed by atoms with Gasteiger partial charge in [0.1, 0.15) is 10.7 Å². The van der Waals surface area contributed by atoms with Crippen LogP contribution >= 0.6 is 11.6 Å². The molecule has 0 radical (unpaired) electrons. The van der Waals surface area contributed by atoms with Crippen molar-refractivity contribution in [2.75, 3.05) is 5.32 Å². The molecule has 1 amide bonds. The molecular weight excluding hydrogens is 355 g/mol. The average Bonchev–Trinajstić information content (AvgIpc) is 2.48. The van der Waals surface area contributed by atoms with Crippen molar-refractivity contribution < 1.29 is 22.9 Å². The summed E-state index contributed by atoms with van der Waals surface area (Å²) in [5.74, 6) is -1.00. The van der Waals surface area contributed by atoms with Crippen LogP contribution in [0.15, 0.2) is 35.3 Å². The molecule has 2 N–H and O–H groups in total. The lowest BCUT2D eigenvalue weighted by atomic mass is 10.2. The van der Waals surface area contributed by atoms with Crippen LogP contribution in [-0.4, -0.2) is 15.8 Å². The number of alkyl halides is 3. The van der Waals surface area contributed by atoms with Gasteiger partial charge in [0.05, 0.1) is 10.5 Å². The minimum absolute atomic E-state index is 0.214. The van der Waals surface area contributed by atoms with Crippen molar-refractivity contribution in [2.24, 2.45) is 0 Å². The van der Waals surface area contributed by atoms with E-state index in [1.165, 1.54) is 0 Å². The minimum atomic E-state index is -4.72. The van der Waals surface area contributed by atoms with Crippen LogP contribution in [0, 0.1) is 10.1 Å². The molecule has 1 heterocycles. The molecule has 1 aromatic carbocycles. The lowest BCUT2D eigenvalue weighted by molar-refractivity contribution is -0.384. The van der Waals surface area contributed by atoms with Gasteiger partial charge in [-0.25, -0.2) is 0 Å². The van der Waals surface area contributed by atoms with Gasteiger partial charge in [0.25, 0.3) is 17.2 Å². The van der Waals surface area contributed by atoms with Gasteiger partial charge in [-0.2, -0.15) is 13.2 Å². The molecule has 2 rings (SSSR count). The quantitative estimate of drug-likeness (QED) is 0.646. The number of carbonyl (C=O) groups excluding carboxylic acids is 1. The molecule has 2 aromatic rings. The first-order chi connectivity index (χ1) is 11.1. The highest BCUT2D eigenvalue weighted by atomic mass is 35.5. The average molecular weight is 362 g/mol. The number of benzene rings is 1. The van der Waals surface area contributed by atoms with Crippen LogP contribution in [0.25, 0.3) is 0 Å². The van der Waals surface area contributed by atoms with Crippen LogP contribution in [-0.2, 0) is 6.18 Å². The summed E-state index contributed by atoms with van der Waals surface area (Å²) in [6.07, 6.45) is -4.26. The van der Waals surface area contributed by atoms with Crippen molar-refractivity contribution in [3.05, 3.63) is 67.1 Å². The summed E-state index contributed by atoms with van der Waals surface area (Å²) in [5.41, 5.74) is -3.57. The Morgan fingerprint density at radius 2 is 1.96 bits per heavy atom. The Morgan fingerprint density at radius 1 is 1.29 bits per heavy atom. The number of pyridine rings is 1. The van der Waals surface area contributed by atoms with E-state index >= 15 is 0 Å². The van der Waals surface area contributed by atoms with E-state index in [1.807, 2.05) is 10.3 Å². The highest BCUT2D eigenvalue weighted by Crippen LogP contribution is 2.29. The van der Waals surface area contributed by atoms with Crippen LogP contribution < -0.4 is 10.9 Å². The van der Waals surface area contributed by atoms with E-state index < -0.39 is 39.5 Å². The molecular formula is C13H7ClF3N3O4. The van der Waals surface area contributed by atoms with Gasteiger partial charge in [0.15, 0.2) is 0 Å². The van der Waals surface area contributed by atoms with Gasteiger partial charge < -0.3 is 10.3 Å². The summed E-state index contributed by atoms with van der Waals surface area (Å²) in [7, 11) is 0. The number of H-pyrrole nitrogens is 1. The fraction of sp³-hybridized carbons (Fsp3) is 0.0769. The second-order valence-corrected chi connectivity index (χ2v) is 4.91. The number of rotatable bonds is 3. The van der Waals surface area contributed by atoms with Gasteiger partial charge in [-0.1, -0.05) is 11.6 Å². The minimum Gasteiger partial charge on any atom is -0.327 e. The molecule has 0 fully saturated rings. The maximum Gasteiger partial charge on any atom is 0.417 e. The van der Waals surface area contributed by atoms with Gasteiger partial charge in [-0.05, 0) is 18.2 Å². The summed E-state index contributed by atoms with van der Waals surface area (Å²) < 4.78 is 37.9. The Balaban J connectivity index is 2.35. The fourth-order valence-electron chi connectivity index (χ4n) is 1.73. The molecule has 0 saturated carbocycles. The Labute approximate surface area is 136 Å². The van der Waals surface area contributed by atoms with Gasteiger partial charge in [0.2, 0.25) is 0 Å². The maximum atomic E-state index is 12.6. The standard InChI is InChI=1S/C13H7ClF3N3O4/c14-8-2-1-6(3-10(8)20(23)24)11(21)19-9-4-7(13(15,16)17)5-18-12(9)22/h1-5H,(H,18,22)(H,19,21). The molecule has 7 nitrogen and oxygen atoms in total. The van der Waals surface area contributed by atoms with E-state index in [0.29, 0.717) is 12.3 Å². The first-order valence-corrected chi connectivity index (χ1v) is 6.52. The molecule has 11 heteroatoms. The van der Waals surface area contributed by atoms with Crippen molar-refractivity contribution in [3.63, 3.8) is 0 Å². The number of amides is 1. The maximum absolute atomic E-state index is 12.6. The second kappa shape index (κ2) is 6.32. The molecule has 0 spiro atoms. The van der Waals surface area contributed by atoms with Crippen molar-refractivity contribution in [2.45, 2.75) is 6.18 Å². The molecule has 0 aliphatic heterocycles. The molecule has 0 aliphatic rings. The van der Waals surface area contributed by atoms with E-state index in [2.05, 4.69) is 0 Å². The molecule has 0 aliphatic carbocycles. The predicted octanol–water partition coefficient (Wildman–Crippen LogP) is 3.21. The number of hydrogen-bond acceptors (Lipinski definition) is 4. The van der Waals surface area contributed by atoms with Crippen molar-refractivity contribution in [1.82, 2.24) is 4.98 Å². The number of halogens is 4. The molecule has 0 bridgehead atoms. The van der Waals surface area contributed by atoms with Crippen molar-refractivity contribution >= 4 is 28.9 Å². The Bertz CT molecular complexity index is 879. The predicted molar refractivity (Wildman–Crippen MR) is 78.1 cm³/mol. The summed E-state index contributed by atoms with van der Waals surface area (Å²) >= 11 is 5.60. The van der Waals surface area contributed by atoms with Crippen LogP contribution in [0.1, 0.15) is 15.9 Å².